The largest absolute Gasteiger partial charge is 0.378 e. The Labute approximate surface area is 174 Å². The predicted molar refractivity (Wildman–Crippen MR) is 113 cm³/mol. The fourth-order valence-corrected chi connectivity index (χ4v) is 4.21. The van der Waals surface area contributed by atoms with Crippen LogP contribution >= 0.6 is 11.3 Å². The van der Waals surface area contributed by atoms with Gasteiger partial charge in [0, 0.05) is 29.6 Å². The molecule has 0 atom stereocenters. The third-order valence-electron chi connectivity index (χ3n) is 4.86. The number of amides is 1. The van der Waals surface area contributed by atoms with Crippen LogP contribution in [0.3, 0.4) is 0 Å². The Morgan fingerprint density at radius 1 is 1.33 bits per heavy atom. The number of thiophene rings is 1. The fraction of sp³-hybridized carbons (Fsp3) is 0.316. The molecule has 0 unspecified atom stereocenters. The average molecular weight is 429 g/mol. The summed E-state index contributed by atoms with van der Waals surface area (Å²) >= 11 is 1.43. The van der Waals surface area contributed by atoms with Gasteiger partial charge in [0.15, 0.2) is 0 Å². The van der Waals surface area contributed by atoms with Gasteiger partial charge < -0.3 is 9.64 Å². The minimum absolute atomic E-state index is 0.0743. The van der Waals surface area contributed by atoms with E-state index in [1.807, 2.05) is 11.8 Å². The van der Waals surface area contributed by atoms with Gasteiger partial charge in [0.05, 0.1) is 23.5 Å². The molecule has 1 fully saturated rings. The number of carbonyl (C=O) groups is 1. The molecular weight excluding hydrogens is 410 g/mol. The first-order chi connectivity index (χ1) is 14.5. The smallest absolute Gasteiger partial charge is 0.293 e. The van der Waals surface area contributed by atoms with E-state index in [4.69, 9.17) is 4.74 Å². The van der Waals surface area contributed by atoms with Crippen molar-refractivity contribution in [3.63, 3.8) is 0 Å². The third kappa shape index (κ3) is 3.76. The molecule has 1 aromatic carbocycles. The Kier molecular flexibility index (Phi) is 5.46. The number of morpholine rings is 1. The Morgan fingerprint density at radius 3 is 2.80 bits per heavy atom. The first-order valence-corrected chi connectivity index (χ1v) is 10.2. The molecule has 156 valence electrons. The summed E-state index contributed by atoms with van der Waals surface area (Å²) < 4.78 is 6.29. The summed E-state index contributed by atoms with van der Waals surface area (Å²) in [5, 5.41) is 12.0. The number of benzene rings is 1. The topological polar surface area (TPSA) is 120 Å². The second kappa shape index (κ2) is 8.20. The maximum atomic E-state index is 12.7. The van der Waals surface area contributed by atoms with Crippen LogP contribution in [-0.4, -0.2) is 46.8 Å². The van der Waals surface area contributed by atoms with Crippen molar-refractivity contribution in [2.24, 2.45) is 0 Å². The zero-order chi connectivity index (χ0) is 21.3. The van der Waals surface area contributed by atoms with Gasteiger partial charge in [-0.2, -0.15) is 0 Å². The average Bonchev–Trinajstić information content (AvgIpc) is 3.20. The van der Waals surface area contributed by atoms with Crippen molar-refractivity contribution in [1.82, 2.24) is 9.66 Å². The lowest BCUT2D eigenvalue weighted by molar-refractivity contribution is -0.384. The van der Waals surface area contributed by atoms with E-state index in [1.54, 1.807) is 12.1 Å². The third-order valence-corrected chi connectivity index (χ3v) is 6.05. The Morgan fingerprint density at radius 2 is 2.10 bits per heavy atom. The quantitative estimate of drug-likeness (QED) is 0.487. The van der Waals surface area contributed by atoms with Gasteiger partial charge in [-0.1, -0.05) is 6.92 Å². The Hall–Kier alpha value is -3.31. The van der Waals surface area contributed by atoms with Gasteiger partial charge in [-0.05, 0) is 24.6 Å². The van der Waals surface area contributed by atoms with Crippen molar-refractivity contribution < 1.29 is 14.5 Å². The van der Waals surface area contributed by atoms with E-state index in [-0.39, 0.29) is 11.3 Å². The van der Waals surface area contributed by atoms with Gasteiger partial charge in [0.1, 0.15) is 16.8 Å². The maximum absolute atomic E-state index is 12.7. The number of aromatic nitrogens is 2. The summed E-state index contributed by atoms with van der Waals surface area (Å²) in [6, 6.07) is 6.04. The highest BCUT2D eigenvalue weighted by molar-refractivity contribution is 7.18. The molecule has 0 radical (unpaired) electrons. The lowest BCUT2D eigenvalue weighted by Gasteiger charge is -2.28. The summed E-state index contributed by atoms with van der Waals surface area (Å²) in [6.45, 7) is 4.03. The first kappa shape index (κ1) is 20.0. The molecule has 3 heterocycles. The minimum atomic E-state index is -0.638. The second-order valence-corrected chi connectivity index (χ2v) is 7.82. The summed E-state index contributed by atoms with van der Waals surface area (Å²) in [5.41, 5.74) is 2.40. The summed E-state index contributed by atoms with van der Waals surface area (Å²) in [6.07, 6.45) is 2.03. The number of ether oxygens (including phenoxy) is 1. The fourth-order valence-electron chi connectivity index (χ4n) is 3.28. The molecule has 0 aliphatic carbocycles. The van der Waals surface area contributed by atoms with Crippen LogP contribution in [0.4, 0.5) is 11.4 Å². The molecule has 10 nitrogen and oxygen atoms in total. The van der Waals surface area contributed by atoms with Crippen molar-refractivity contribution in [3.8, 4) is 0 Å². The van der Waals surface area contributed by atoms with Crippen molar-refractivity contribution in [3.05, 3.63) is 61.5 Å². The van der Waals surface area contributed by atoms with Crippen LogP contribution in [0.15, 0.2) is 35.4 Å². The van der Waals surface area contributed by atoms with E-state index in [2.05, 4.69) is 10.4 Å². The number of fused-ring (bicyclic) bond motifs is 1. The Balaban J connectivity index is 1.62. The van der Waals surface area contributed by atoms with Crippen LogP contribution in [0.2, 0.25) is 0 Å². The molecule has 0 spiro atoms. The molecule has 11 heteroatoms. The standard InChI is InChI=1S/C19H19N5O5S/c1-2-13-10-14-18(30-13)20-11-23(19(14)26)21-17(25)12-3-4-15(16(9-12)24(27)28)22-5-7-29-8-6-22/h3-4,9-11H,2,5-8H2,1H3,(H,21,25). The maximum Gasteiger partial charge on any atom is 0.293 e. The normalized spacial score (nSPS) is 14.1. The first-order valence-electron chi connectivity index (χ1n) is 9.40. The molecule has 1 aliphatic rings. The van der Waals surface area contributed by atoms with Gasteiger partial charge in [0.25, 0.3) is 17.2 Å². The molecule has 3 aromatic rings. The summed E-state index contributed by atoms with van der Waals surface area (Å²) in [5.74, 6) is -0.638. The number of nitrogens with zero attached hydrogens (tertiary/aromatic N) is 4. The highest BCUT2D eigenvalue weighted by Crippen LogP contribution is 2.30. The van der Waals surface area contributed by atoms with Crippen molar-refractivity contribution in [2.75, 3.05) is 36.6 Å². The molecule has 1 aliphatic heterocycles. The van der Waals surface area contributed by atoms with Crippen LogP contribution in [0.5, 0.6) is 0 Å². The zero-order valence-corrected chi connectivity index (χ0v) is 17.0. The van der Waals surface area contributed by atoms with E-state index in [0.717, 1.165) is 16.0 Å². The molecular formula is C19H19N5O5S. The summed E-state index contributed by atoms with van der Waals surface area (Å²) in [7, 11) is 0. The SMILES string of the molecule is CCc1cc2c(=O)n(NC(=O)c3ccc(N4CCOCC4)c([N+](=O)[O-])c3)cnc2s1. The highest BCUT2D eigenvalue weighted by atomic mass is 32.1. The highest BCUT2D eigenvalue weighted by Gasteiger charge is 2.23. The van der Waals surface area contributed by atoms with Crippen molar-refractivity contribution >= 4 is 38.8 Å². The number of anilines is 1. The van der Waals surface area contributed by atoms with Crippen LogP contribution in [0.1, 0.15) is 22.2 Å². The van der Waals surface area contributed by atoms with E-state index in [1.165, 1.54) is 29.8 Å². The van der Waals surface area contributed by atoms with Gasteiger partial charge in [-0.15, -0.1) is 11.3 Å². The van der Waals surface area contributed by atoms with E-state index < -0.39 is 16.4 Å². The van der Waals surface area contributed by atoms with Crippen LogP contribution < -0.4 is 15.9 Å². The minimum Gasteiger partial charge on any atom is -0.378 e. The number of carbonyl (C=O) groups excluding carboxylic acids is 1. The van der Waals surface area contributed by atoms with Crippen molar-refractivity contribution in [1.29, 1.82) is 0 Å². The van der Waals surface area contributed by atoms with E-state index in [0.29, 0.717) is 42.2 Å². The number of hydrogen-bond donors (Lipinski definition) is 1. The Bertz CT molecular complexity index is 1180. The molecule has 0 bridgehead atoms. The number of nitro groups is 1. The lowest BCUT2D eigenvalue weighted by Crippen LogP contribution is -2.36. The number of nitrogens with one attached hydrogen (secondary N) is 1. The molecule has 1 amide bonds. The van der Waals surface area contributed by atoms with Gasteiger partial charge >= 0.3 is 0 Å². The molecule has 2 aromatic heterocycles. The molecule has 4 rings (SSSR count). The second-order valence-electron chi connectivity index (χ2n) is 6.71. The van der Waals surface area contributed by atoms with E-state index >= 15 is 0 Å². The monoisotopic (exact) mass is 429 g/mol. The van der Waals surface area contributed by atoms with E-state index in [9.17, 15) is 19.7 Å². The zero-order valence-electron chi connectivity index (χ0n) is 16.2. The number of hydrogen-bond acceptors (Lipinski definition) is 8. The van der Waals surface area contributed by atoms with Gasteiger partial charge in [-0.3, -0.25) is 25.1 Å². The van der Waals surface area contributed by atoms with Gasteiger partial charge in [0.2, 0.25) is 0 Å². The van der Waals surface area contributed by atoms with Crippen LogP contribution in [-0.2, 0) is 11.2 Å². The molecule has 1 saturated heterocycles. The summed E-state index contributed by atoms with van der Waals surface area (Å²) in [4.78, 5) is 44.1. The molecule has 0 saturated carbocycles. The van der Waals surface area contributed by atoms with Gasteiger partial charge in [-0.25, -0.2) is 9.66 Å². The number of aryl methyl sites for hydroxylation is 1. The number of rotatable bonds is 5. The predicted octanol–water partition coefficient (Wildman–Crippen LogP) is 2.15. The van der Waals surface area contributed by atoms with Crippen LogP contribution in [0, 0.1) is 10.1 Å². The number of nitro benzene ring substituents is 1. The van der Waals surface area contributed by atoms with Crippen LogP contribution in [0.25, 0.3) is 10.2 Å². The molecule has 1 N–H and O–H groups in total. The lowest BCUT2D eigenvalue weighted by atomic mass is 10.1. The molecule has 30 heavy (non-hydrogen) atoms. The van der Waals surface area contributed by atoms with Crippen molar-refractivity contribution in [2.45, 2.75) is 13.3 Å².